The summed E-state index contributed by atoms with van der Waals surface area (Å²) in [4.78, 5) is 26.9. The number of carbonyl (C=O) groups is 2. The predicted octanol–water partition coefficient (Wildman–Crippen LogP) is 0.617. The number of hydrogen-bond acceptors (Lipinski definition) is 3. The molecule has 1 heterocycles. The van der Waals surface area contributed by atoms with Gasteiger partial charge < -0.3 is 9.80 Å². The van der Waals surface area contributed by atoms with Crippen LogP contribution in [0.4, 0.5) is 0 Å². The Hall–Kier alpha value is -1.57. The van der Waals surface area contributed by atoms with Gasteiger partial charge in [0.05, 0.1) is 6.07 Å². The maximum Gasteiger partial charge on any atom is 0.236 e. The van der Waals surface area contributed by atoms with Crippen molar-refractivity contribution in [2.75, 3.05) is 26.2 Å². The standard InChI is InChI=1S/C12H19N3O2/c1-12(2,3)11(17)15-8-6-14(7-9-15)10(16)4-5-13/h4,6-9H2,1-3H3. The van der Waals surface area contributed by atoms with Crippen LogP contribution >= 0.6 is 0 Å². The van der Waals surface area contributed by atoms with E-state index in [-0.39, 0.29) is 23.7 Å². The maximum absolute atomic E-state index is 12.0. The summed E-state index contributed by atoms with van der Waals surface area (Å²) in [7, 11) is 0. The lowest BCUT2D eigenvalue weighted by Crippen LogP contribution is -2.52. The largest absolute Gasteiger partial charge is 0.339 e. The van der Waals surface area contributed by atoms with Crippen LogP contribution in [0.2, 0.25) is 0 Å². The zero-order valence-corrected chi connectivity index (χ0v) is 10.7. The highest BCUT2D eigenvalue weighted by Gasteiger charge is 2.30. The molecule has 1 fully saturated rings. The lowest BCUT2D eigenvalue weighted by atomic mass is 9.94. The van der Waals surface area contributed by atoms with Gasteiger partial charge in [-0.05, 0) is 0 Å². The summed E-state index contributed by atoms with van der Waals surface area (Å²) in [5.41, 5.74) is -0.376. The third kappa shape index (κ3) is 3.45. The Labute approximate surface area is 102 Å². The molecule has 1 saturated heterocycles. The van der Waals surface area contributed by atoms with Crippen LogP contribution in [0.25, 0.3) is 0 Å². The molecule has 0 spiro atoms. The highest BCUT2D eigenvalue weighted by Crippen LogP contribution is 2.18. The topological polar surface area (TPSA) is 64.4 Å². The molecule has 0 atom stereocenters. The fourth-order valence-electron chi connectivity index (χ4n) is 1.81. The highest BCUT2D eigenvalue weighted by molar-refractivity contribution is 5.82. The van der Waals surface area contributed by atoms with Crippen molar-refractivity contribution in [3.05, 3.63) is 0 Å². The van der Waals surface area contributed by atoms with Gasteiger partial charge in [0.1, 0.15) is 6.42 Å². The van der Waals surface area contributed by atoms with E-state index in [1.54, 1.807) is 9.80 Å². The molecule has 1 aliphatic rings. The first-order valence-electron chi connectivity index (χ1n) is 5.80. The van der Waals surface area contributed by atoms with E-state index in [4.69, 9.17) is 5.26 Å². The first kappa shape index (κ1) is 13.5. The summed E-state index contributed by atoms with van der Waals surface area (Å²) in [6, 6.07) is 1.85. The predicted molar refractivity (Wildman–Crippen MR) is 62.8 cm³/mol. The molecule has 0 aromatic carbocycles. The lowest BCUT2D eigenvalue weighted by molar-refractivity contribution is -0.144. The minimum atomic E-state index is -0.376. The Morgan fingerprint density at radius 3 is 2.00 bits per heavy atom. The number of nitriles is 1. The molecular formula is C12H19N3O2. The molecule has 0 N–H and O–H groups in total. The average molecular weight is 237 g/mol. The molecule has 5 heteroatoms. The fourth-order valence-corrected chi connectivity index (χ4v) is 1.81. The second-order valence-electron chi connectivity index (χ2n) is 5.26. The summed E-state index contributed by atoms with van der Waals surface area (Å²) in [5.74, 6) is -0.0276. The third-order valence-electron chi connectivity index (χ3n) is 2.79. The van der Waals surface area contributed by atoms with Crippen molar-refractivity contribution in [3.63, 3.8) is 0 Å². The van der Waals surface area contributed by atoms with E-state index in [1.165, 1.54) is 0 Å². The van der Waals surface area contributed by atoms with E-state index in [1.807, 2.05) is 26.8 Å². The Morgan fingerprint density at radius 1 is 1.12 bits per heavy atom. The lowest BCUT2D eigenvalue weighted by Gasteiger charge is -2.37. The highest BCUT2D eigenvalue weighted by atomic mass is 16.2. The van der Waals surface area contributed by atoms with Crippen LogP contribution in [-0.2, 0) is 9.59 Å². The zero-order chi connectivity index (χ0) is 13.1. The van der Waals surface area contributed by atoms with Crippen molar-refractivity contribution >= 4 is 11.8 Å². The van der Waals surface area contributed by atoms with Gasteiger partial charge in [0, 0.05) is 31.6 Å². The zero-order valence-electron chi connectivity index (χ0n) is 10.7. The van der Waals surface area contributed by atoms with Crippen molar-refractivity contribution in [1.82, 2.24) is 9.80 Å². The normalized spacial score (nSPS) is 16.6. The van der Waals surface area contributed by atoms with Gasteiger partial charge in [-0.15, -0.1) is 0 Å². The van der Waals surface area contributed by atoms with Gasteiger partial charge in [-0.2, -0.15) is 5.26 Å². The molecule has 5 nitrogen and oxygen atoms in total. The minimum Gasteiger partial charge on any atom is -0.339 e. The van der Waals surface area contributed by atoms with E-state index < -0.39 is 0 Å². The first-order valence-corrected chi connectivity index (χ1v) is 5.80. The molecule has 0 radical (unpaired) electrons. The molecule has 0 aliphatic carbocycles. The quantitative estimate of drug-likeness (QED) is 0.671. The summed E-state index contributed by atoms with van der Waals surface area (Å²) >= 11 is 0. The van der Waals surface area contributed by atoms with Gasteiger partial charge in [0.15, 0.2) is 0 Å². The second-order valence-corrected chi connectivity index (χ2v) is 5.26. The smallest absolute Gasteiger partial charge is 0.236 e. The van der Waals surface area contributed by atoms with Crippen molar-refractivity contribution in [2.45, 2.75) is 27.2 Å². The molecule has 1 rings (SSSR count). The SMILES string of the molecule is CC(C)(C)C(=O)N1CCN(C(=O)CC#N)CC1. The summed E-state index contributed by atoms with van der Waals surface area (Å²) < 4.78 is 0. The molecule has 0 aromatic rings. The number of nitrogens with zero attached hydrogens (tertiary/aromatic N) is 3. The Bertz CT molecular complexity index is 344. The van der Waals surface area contributed by atoms with Crippen LogP contribution in [-0.4, -0.2) is 47.8 Å². The number of carbonyl (C=O) groups excluding carboxylic acids is 2. The summed E-state index contributed by atoms with van der Waals surface area (Å²) in [6.45, 7) is 7.86. The van der Waals surface area contributed by atoms with E-state index in [0.29, 0.717) is 26.2 Å². The molecular weight excluding hydrogens is 218 g/mol. The summed E-state index contributed by atoms with van der Waals surface area (Å²) in [5, 5.41) is 8.45. The van der Waals surface area contributed by atoms with Crippen LogP contribution in [0.5, 0.6) is 0 Å². The number of rotatable bonds is 1. The van der Waals surface area contributed by atoms with E-state index in [0.717, 1.165) is 0 Å². The van der Waals surface area contributed by atoms with Crippen molar-refractivity contribution in [2.24, 2.45) is 5.41 Å². The Morgan fingerprint density at radius 2 is 1.59 bits per heavy atom. The number of hydrogen-bond donors (Lipinski definition) is 0. The first-order chi connectivity index (χ1) is 7.86. The van der Waals surface area contributed by atoms with Gasteiger partial charge >= 0.3 is 0 Å². The summed E-state index contributed by atoms with van der Waals surface area (Å²) in [6.07, 6.45) is -0.0762. The van der Waals surface area contributed by atoms with Gasteiger partial charge in [-0.1, -0.05) is 20.8 Å². The second kappa shape index (κ2) is 5.17. The molecule has 94 valence electrons. The molecule has 0 aromatic heterocycles. The number of piperazine rings is 1. The van der Waals surface area contributed by atoms with Gasteiger partial charge in [-0.3, -0.25) is 9.59 Å². The third-order valence-corrected chi connectivity index (χ3v) is 2.79. The van der Waals surface area contributed by atoms with Crippen molar-refractivity contribution in [1.29, 1.82) is 5.26 Å². The Balaban J connectivity index is 2.49. The van der Waals surface area contributed by atoms with E-state index in [2.05, 4.69) is 0 Å². The molecule has 0 bridgehead atoms. The maximum atomic E-state index is 12.0. The molecule has 1 aliphatic heterocycles. The monoisotopic (exact) mass is 237 g/mol. The van der Waals surface area contributed by atoms with Gasteiger partial charge in [0.2, 0.25) is 11.8 Å². The molecule has 17 heavy (non-hydrogen) atoms. The van der Waals surface area contributed by atoms with Crippen LogP contribution in [0.15, 0.2) is 0 Å². The molecule has 0 saturated carbocycles. The number of amides is 2. The van der Waals surface area contributed by atoms with Gasteiger partial charge in [0.25, 0.3) is 0 Å². The Kier molecular flexibility index (Phi) is 4.11. The average Bonchev–Trinajstić information content (AvgIpc) is 2.27. The molecule has 2 amide bonds. The van der Waals surface area contributed by atoms with Gasteiger partial charge in [-0.25, -0.2) is 0 Å². The van der Waals surface area contributed by atoms with Crippen molar-refractivity contribution < 1.29 is 9.59 Å². The minimum absolute atomic E-state index is 0.0762. The van der Waals surface area contributed by atoms with Crippen LogP contribution < -0.4 is 0 Å². The van der Waals surface area contributed by atoms with Crippen LogP contribution in [0, 0.1) is 16.7 Å². The van der Waals surface area contributed by atoms with Crippen LogP contribution in [0.3, 0.4) is 0 Å². The molecule has 0 unspecified atom stereocenters. The van der Waals surface area contributed by atoms with Crippen molar-refractivity contribution in [3.8, 4) is 6.07 Å². The van der Waals surface area contributed by atoms with E-state index in [9.17, 15) is 9.59 Å². The van der Waals surface area contributed by atoms with E-state index >= 15 is 0 Å². The van der Waals surface area contributed by atoms with Crippen LogP contribution in [0.1, 0.15) is 27.2 Å². The fraction of sp³-hybridized carbons (Fsp3) is 0.750.